The Morgan fingerprint density at radius 2 is 0.524 bits per heavy atom. The van der Waals surface area contributed by atoms with Crippen molar-refractivity contribution in [1.82, 2.24) is 88.1 Å². The molecule has 3 radical (unpaired) electrons. The summed E-state index contributed by atoms with van der Waals surface area (Å²) in [6, 6.07) is 108. The Labute approximate surface area is 854 Å². The van der Waals surface area contributed by atoms with E-state index in [4.69, 9.17) is 0 Å². The summed E-state index contributed by atoms with van der Waals surface area (Å²) in [6.45, 7) is 1.80. The third-order valence-corrected chi connectivity index (χ3v) is 20.7. The molecule has 0 amide bonds. The zero-order chi connectivity index (χ0) is 97.8. The van der Waals surface area contributed by atoms with E-state index < -0.39 is 12.0 Å². The molecule has 143 heavy (non-hydrogen) atoms. The molecular weight excluding hydrogens is 2370 g/mol. The first kappa shape index (κ1) is 104. The van der Waals surface area contributed by atoms with E-state index in [2.05, 4.69) is 135 Å². The Morgan fingerprint density at radius 1 is 0.287 bits per heavy atom. The van der Waals surface area contributed by atoms with Gasteiger partial charge in [0, 0.05) is 120 Å². The van der Waals surface area contributed by atoms with Crippen LogP contribution in [0, 0.1) is 116 Å². The van der Waals surface area contributed by atoms with Gasteiger partial charge in [-0.3, -0.25) is 30.4 Å². The van der Waals surface area contributed by atoms with Gasteiger partial charge in [-0.2, -0.15) is 86.0 Å². The zero-order valence-electron chi connectivity index (χ0n) is 76.4. The molecule has 24 nitrogen and oxygen atoms in total. The maximum absolute atomic E-state index is 13.2. The van der Waals surface area contributed by atoms with Crippen LogP contribution < -0.4 is 42.7 Å². The number of nitrogens with zero attached hydrogens (tertiary/aromatic N) is 24. The largest absolute Gasteiger partial charge is 0.429 e. The molecule has 0 unspecified atom stereocenters. The fourth-order valence-electron chi connectivity index (χ4n) is 14.3. The molecule has 0 aliphatic rings. The number of imidazole rings is 6. The van der Waals surface area contributed by atoms with E-state index in [1.807, 2.05) is 252 Å². The van der Waals surface area contributed by atoms with E-state index in [-0.39, 0.29) is 107 Å². The Hall–Kier alpha value is -16.4. The molecule has 12 aromatic heterocycles. The molecule has 0 aliphatic carbocycles. The number of hydrogen-bond acceptors (Lipinski definition) is 9. The summed E-state index contributed by atoms with van der Waals surface area (Å²) in [5.74, 6) is -1.73. The fraction of sp³-hybridized carbons (Fsp3) is 0.0748. The summed E-state index contributed by atoms with van der Waals surface area (Å²) in [4.78, 5) is 19.3. The van der Waals surface area contributed by atoms with Gasteiger partial charge in [0.05, 0.1) is 126 Å². The monoisotopic (exact) mass is 2450 g/mol. The van der Waals surface area contributed by atoms with Crippen LogP contribution in [0.2, 0.25) is 0 Å². The van der Waals surface area contributed by atoms with Crippen LogP contribution in [0.15, 0.2) is 334 Å². The van der Waals surface area contributed by atoms with E-state index in [0.29, 0.717) is 51.5 Å². The van der Waals surface area contributed by atoms with Crippen LogP contribution in [0.25, 0.3) is 135 Å². The van der Waals surface area contributed by atoms with Crippen molar-refractivity contribution in [3.05, 3.63) is 455 Å². The molecule has 24 aromatic rings. The van der Waals surface area contributed by atoms with Crippen LogP contribution in [-0.2, 0) is 109 Å². The number of aromatic nitrogens is 24. The molecule has 24 rings (SSSR count). The van der Waals surface area contributed by atoms with Gasteiger partial charge in [-0.15, -0.1) is 72.8 Å². The Morgan fingerprint density at radius 3 is 0.734 bits per heavy atom. The predicted molar refractivity (Wildman–Crippen MR) is 498 cm³/mol. The summed E-state index contributed by atoms with van der Waals surface area (Å²) in [6.07, 6.45) is 20.7. The quantitative estimate of drug-likeness (QED) is 0.0750. The van der Waals surface area contributed by atoms with E-state index in [0.717, 1.165) is 77.6 Å². The smallest absolute Gasteiger partial charge is 0.421 e. The van der Waals surface area contributed by atoms with Crippen molar-refractivity contribution in [1.29, 1.82) is 0 Å². The first-order chi connectivity index (χ1) is 67.9. The van der Waals surface area contributed by atoms with E-state index in [1.54, 1.807) is 101 Å². The average Bonchev–Trinajstić information content (AvgIpc) is 1.67. The molecule has 723 valence electrons. The molecule has 0 aliphatic heterocycles. The number of pyridine rings is 3. The maximum Gasteiger partial charge on any atom is 0.429 e. The molecule has 0 saturated carbocycles. The van der Waals surface area contributed by atoms with Gasteiger partial charge in [-0.1, -0.05) is 204 Å². The zero-order valence-corrected chi connectivity index (χ0v) is 83.6. The number of benzene rings is 12. The number of para-hydroxylation sites is 12. The first-order valence-electron chi connectivity index (χ1n) is 42.7. The number of fused-ring (bicyclic) bond motifs is 6. The number of rotatable bonds is 9. The normalized spacial score (nSPS) is 10.6. The van der Waals surface area contributed by atoms with Gasteiger partial charge in [0.2, 0.25) is 38.0 Å². The number of aryl methyl sites for hydroxylation is 7. The summed E-state index contributed by atoms with van der Waals surface area (Å²) in [5, 5.41) is 24.7. The molecule has 12 aromatic carbocycles. The minimum absolute atomic E-state index is 0. The Bertz CT molecular complexity index is 7350. The molecule has 0 saturated heterocycles. The van der Waals surface area contributed by atoms with Crippen LogP contribution in [0.4, 0.5) is 39.5 Å². The van der Waals surface area contributed by atoms with Crippen molar-refractivity contribution in [2.24, 2.45) is 42.3 Å². The molecule has 0 fully saturated rings. The van der Waals surface area contributed by atoms with Crippen LogP contribution in [0.3, 0.4) is 0 Å². The summed E-state index contributed by atoms with van der Waals surface area (Å²) in [7, 11) is 11.5. The molecule has 36 heteroatoms. The van der Waals surface area contributed by atoms with Gasteiger partial charge in [0.15, 0.2) is 0 Å². The molecule has 0 N–H and O–H groups in total. The van der Waals surface area contributed by atoms with Crippen LogP contribution in [-0.4, -0.2) is 72.8 Å². The van der Waals surface area contributed by atoms with Gasteiger partial charge in [-0.25, -0.2) is 26.3 Å². The standard InChI is InChI=1S/6C14H10FN2.C8H4F3N4.C8H7N4.C7H5N4.3Ir/c6*1-16-10-17(12-6-4-5-11(15)9-12)14-8-3-2-7-13(14)16;9-8(10,11)7-13-6(14-15-7)5-3-1-2-4-12-5;1-6-10-8(12-11-6)7-4-2-3-5-9-7;1-2-4-8-6(3-1)7-5-9-11-10-7;;;/h6*2-5,7-9H,1H3;1-4H;2-5H,1H3;1-5H;;;/q9*-1;;;. The van der Waals surface area contributed by atoms with Crippen LogP contribution in [0.1, 0.15) is 11.6 Å². The first-order valence-corrected chi connectivity index (χ1v) is 42.7. The van der Waals surface area contributed by atoms with Gasteiger partial charge in [-0.05, 0) is 60.7 Å². The van der Waals surface area contributed by atoms with Crippen LogP contribution in [0.5, 0.6) is 0 Å². The Kier molecular flexibility index (Phi) is 35.3. The third-order valence-electron chi connectivity index (χ3n) is 20.7. The molecule has 0 atom stereocenters. The minimum Gasteiger partial charge on any atom is -0.421 e. The second-order valence-corrected chi connectivity index (χ2v) is 30.4. The Balaban J connectivity index is 0.000000135. The molecule has 0 bridgehead atoms. The second-order valence-electron chi connectivity index (χ2n) is 30.4. The predicted octanol–water partition coefficient (Wildman–Crippen LogP) is 16.0. The fourth-order valence-corrected chi connectivity index (χ4v) is 14.3. The summed E-state index contributed by atoms with van der Waals surface area (Å²) < 4.78 is 138. The van der Waals surface area contributed by atoms with Crippen molar-refractivity contribution < 1.29 is 127 Å². The molecule has 0 spiro atoms. The van der Waals surface area contributed by atoms with E-state index >= 15 is 0 Å². The summed E-state index contributed by atoms with van der Waals surface area (Å²) >= 11 is 0. The van der Waals surface area contributed by atoms with Crippen molar-refractivity contribution in [3.8, 4) is 68.5 Å². The number of hydrogen-bond donors (Lipinski definition) is 0. The van der Waals surface area contributed by atoms with E-state index in [1.165, 1.54) is 85.1 Å². The van der Waals surface area contributed by atoms with Gasteiger partial charge in [0.25, 0.3) is 0 Å². The maximum atomic E-state index is 13.2. The van der Waals surface area contributed by atoms with Crippen molar-refractivity contribution in [3.63, 3.8) is 0 Å². The van der Waals surface area contributed by atoms with Gasteiger partial charge >= 0.3 is 6.18 Å². The topological polar surface area (TPSA) is 211 Å². The van der Waals surface area contributed by atoms with Crippen molar-refractivity contribution in [2.75, 3.05) is 0 Å². The van der Waals surface area contributed by atoms with Crippen LogP contribution >= 0.6 is 0 Å². The molecule has 12 heterocycles. The third kappa shape index (κ3) is 25.8. The minimum atomic E-state index is -4.57. The van der Waals surface area contributed by atoms with Gasteiger partial charge in [0.1, 0.15) is 5.82 Å². The van der Waals surface area contributed by atoms with E-state index in [9.17, 15) is 39.5 Å². The number of halogens is 9. The number of alkyl halides is 3. The molecular formula is C107H76F9Ir3N24-9. The van der Waals surface area contributed by atoms with Gasteiger partial charge < -0.3 is 85.2 Å². The van der Waals surface area contributed by atoms with Crippen molar-refractivity contribution in [2.45, 2.75) is 13.1 Å². The van der Waals surface area contributed by atoms with Crippen molar-refractivity contribution >= 4 is 66.2 Å². The summed E-state index contributed by atoms with van der Waals surface area (Å²) in [5.41, 5.74) is 18.6. The second kappa shape index (κ2) is 48.5. The average molecular weight is 2450 g/mol. The SMILES string of the molecule is C[n+]1[c-]n(-c2[c-]ccc(F)c2)c2ccccc21.C[n+]1[c-]n(-c2[c-]ccc(F)c2)c2ccccc21.C[n+]1[c-]n(-c2[c-]ccc(F)c2)c2ccccc21.C[n+]1[c-]n(-c2[c-]ccc(F)c2)c2ccccc21.C[n+]1[c-]n(-c2[c-]ccc(F)c2)c2ccccc21.C[n+]1[c-]n(-c2[c-]ccc(F)c2)c2ccccc21.Cc1n[n-]c(-c2ccccn2)n1.FC(F)(F)c1n[n-]c(-c2ccccn2)n1.[Ir].[Ir].[Ir].c1ccc(-c2cnn[n-]2)nc1.